The highest BCUT2D eigenvalue weighted by Gasteiger charge is 2.17. The summed E-state index contributed by atoms with van der Waals surface area (Å²) in [5, 5.41) is 5.87. The molecule has 1 aromatic heterocycles. The van der Waals surface area contributed by atoms with Gasteiger partial charge < -0.3 is 10.6 Å². The first kappa shape index (κ1) is 19.4. The predicted octanol–water partition coefficient (Wildman–Crippen LogP) is 1.14. The number of carbonyl (C=O) groups is 1. The van der Waals surface area contributed by atoms with Crippen LogP contribution in [0.5, 0.6) is 0 Å². The highest BCUT2D eigenvalue weighted by molar-refractivity contribution is 7.91. The Morgan fingerprint density at radius 3 is 2.77 bits per heavy atom. The first-order valence-corrected chi connectivity index (χ1v) is 9.05. The monoisotopic (exact) mass is 385 g/mol. The molecule has 1 amide bonds. The van der Waals surface area contributed by atoms with Crippen molar-refractivity contribution in [2.45, 2.75) is 10.6 Å². The molecule has 124 valence electrons. The van der Waals surface area contributed by atoms with Gasteiger partial charge in [0.05, 0.1) is 10.9 Å². The standard InChI is InChI=1S/C12H16ClN3O3S2.ClH/c13-10-1-2-12(20-10)21(18,19)16-8-11(17)15-7-9-3-5-14-6-4-9;/h1-3,14,16H,4-8H2,(H,15,17);1H. The van der Waals surface area contributed by atoms with Gasteiger partial charge in [-0.25, -0.2) is 13.1 Å². The maximum absolute atomic E-state index is 11.9. The first-order valence-electron chi connectivity index (χ1n) is 6.38. The summed E-state index contributed by atoms with van der Waals surface area (Å²) in [6, 6.07) is 2.91. The molecule has 0 aromatic carbocycles. The Bertz CT molecular complexity index is 644. The summed E-state index contributed by atoms with van der Waals surface area (Å²) in [5.74, 6) is -0.360. The SMILES string of the molecule is Cl.O=C(CNS(=O)(=O)c1ccc(Cl)s1)NCC1=CCNCC1. The molecule has 0 spiro atoms. The van der Waals surface area contributed by atoms with Crippen LogP contribution >= 0.6 is 35.3 Å². The van der Waals surface area contributed by atoms with E-state index in [1.54, 1.807) is 0 Å². The van der Waals surface area contributed by atoms with Crippen molar-refractivity contribution in [1.82, 2.24) is 15.4 Å². The molecule has 0 fully saturated rings. The minimum atomic E-state index is -3.68. The summed E-state index contributed by atoms with van der Waals surface area (Å²) in [6.45, 7) is 1.86. The van der Waals surface area contributed by atoms with Gasteiger partial charge in [0.2, 0.25) is 5.91 Å². The van der Waals surface area contributed by atoms with E-state index in [0.29, 0.717) is 10.9 Å². The number of sulfonamides is 1. The van der Waals surface area contributed by atoms with E-state index >= 15 is 0 Å². The van der Waals surface area contributed by atoms with E-state index < -0.39 is 10.0 Å². The van der Waals surface area contributed by atoms with Crippen molar-refractivity contribution in [1.29, 1.82) is 0 Å². The molecule has 2 heterocycles. The molecule has 1 aliphatic rings. The van der Waals surface area contributed by atoms with Crippen LogP contribution in [0.1, 0.15) is 6.42 Å². The number of hydrogen-bond acceptors (Lipinski definition) is 5. The summed E-state index contributed by atoms with van der Waals surface area (Å²) in [7, 11) is -3.68. The highest BCUT2D eigenvalue weighted by Crippen LogP contribution is 2.25. The quantitative estimate of drug-likeness (QED) is 0.640. The summed E-state index contributed by atoms with van der Waals surface area (Å²) in [4.78, 5) is 11.7. The Hall–Kier alpha value is -0.640. The second kappa shape index (κ2) is 8.85. The third-order valence-corrected chi connectivity index (χ3v) is 6.03. The molecule has 1 aromatic rings. The fourth-order valence-electron chi connectivity index (χ4n) is 1.78. The molecule has 0 atom stereocenters. The maximum Gasteiger partial charge on any atom is 0.250 e. The highest BCUT2D eigenvalue weighted by atomic mass is 35.5. The third-order valence-electron chi connectivity index (χ3n) is 2.91. The lowest BCUT2D eigenvalue weighted by Crippen LogP contribution is -2.38. The molecule has 0 unspecified atom stereocenters. The first-order chi connectivity index (χ1) is 9.97. The van der Waals surface area contributed by atoms with Gasteiger partial charge in [-0.3, -0.25) is 4.79 Å². The van der Waals surface area contributed by atoms with Gasteiger partial charge in [-0.1, -0.05) is 23.3 Å². The van der Waals surface area contributed by atoms with E-state index in [1.165, 1.54) is 12.1 Å². The molecule has 10 heteroatoms. The molecule has 6 nitrogen and oxygen atoms in total. The number of hydrogen-bond donors (Lipinski definition) is 3. The average Bonchev–Trinajstić information content (AvgIpc) is 2.92. The van der Waals surface area contributed by atoms with Crippen molar-refractivity contribution >= 4 is 51.3 Å². The van der Waals surface area contributed by atoms with Crippen molar-refractivity contribution in [2.75, 3.05) is 26.2 Å². The molecular formula is C12H17Cl2N3O3S2. The molecule has 1 aliphatic heterocycles. The topological polar surface area (TPSA) is 87.3 Å². The number of halogens is 2. The minimum Gasteiger partial charge on any atom is -0.351 e. The zero-order valence-electron chi connectivity index (χ0n) is 11.6. The summed E-state index contributed by atoms with van der Waals surface area (Å²) in [6.07, 6.45) is 2.92. The Balaban J connectivity index is 0.00000242. The van der Waals surface area contributed by atoms with Crippen LogP contribution in [0, 0.1) is 0 Å². The van der Waals surface area contributed by atoms with Gasteiger partial charge in [-0.2, -0.15) is 0 Å². The molecule has 0 radical (unpaired) electrons. The number of nitrogens with one attached hydrogen (secondary N) is 3. The molecule has 3 N–H and O–H groups in total. The van der Waals surface area contributed by atoms with Crippen molar-refractivity contribution < 1.29 is 13.2 Å². The molecule has 0 saturated carbocycles. The van der Waals surface area contributed by atoms with Crippen LogP contribution in [0.4, 0.5) is 0 Å². The number of carbonyl (C=O) groups excluding carboxylic acids is 1. The largest absolute Gasteiger partial charge is 0.351 e. The van der Waals surface area contributed by atoms with E-state index in [4.69, 9.17) is 11.6 Å². The molecule has 22 heavy (non-hydrogen) atoms. The van der Waals surface area contributed by atoms with Crippen LogP contribution in [-0.2, 0) is 14.8 Å². The molecule has 0 aliphatic carbocycles. The lowest BCUT2D eigenvalue weighted by atomic mass is 10.1. The van der Waals surface area contributed by atoms with Gasteiger partial charge in [0.25, 0.3) is 10.0 Å². The van der Waals surface area contributed by atoms with Gasteiger partial charge in [0.1, 0.15) is 4.21 Å². The van der Waals surface area contributed by atoms with Crippen LogP contribution in [-0.4, -0.2) is 40.5 Å². The zero-order chi connectivity index (χ0) is 15.3. The minimum absolute atomic E-state index is 0. The third kappa shape index (κ3) is 5.86. The predicted molar refractivity (Wildman–Crippen MR) is 90.3 cm³/mol. The van der Waals surface area contributed by atoms with Crippen LogP contribution in [0.15, 0.2) is 28.0 Å². The van der Waals surface area contributed by atoms with Gasteiger partial charge in [0.15, 0.2) is 0 Å². The second-order valence-corrected chi connectivity index (χ2v) is 8.19. The lowest BCUT2D eigenvalue weighted by Gasteiger charge is -2.14. The number of rotatable bonds is 6. The lowest BCUT2D eigenvalue weighted by molar-refractivity contribution is -0.119. The summed E-state index contributed by atoms with van der Waals surface area (Å²) >= 11 is 6.65. The molecular weight excluding hydrogens is 369 g/mol. The smallest absolute Gasteiger partial charge is 0.250 e. The van der Waals surface area contributed by atoms with Crippen molar-refractivity contribution in [3.8, 4) is 0 Å². The number of thiophene rings is 1. The molecule has 0 bridgehead atoms. The maximum atomic E-state index is 11.9. The van der Waals surface area contributed by atoms with Gasteiger partial charge in [-0.05, 0) is 25.1 Å². The second-order valence-electron chi connectivity index (χ2n) is 4.48. The summed E-state index contributed by atoms with van der Waals surface area (Å²) < 4.78 is 26.5. The van der Waals surface area contributed by atoms with Gasteiger partial charge >= 0.3 is 0 Å². The van der Waals surface area contributed by atoms with E-state index in [9.17, 15) is 13.2 Å². The fraction of sp³-hybridized carbons (Fsp3) is 0.417. The Labute approximate surface area is 144 Å². The van der Waals surface area contributed by atoms with Crippen LogP contribution in [0.25, 0.3) is 0 Å². The van der Waals surface area contributed by atoms with Gasteiger partial charge in [0, 0.05) is 13.1 Å². The van der Waals surface area contributed by atoms with Crippen molar-refractivity contribution in [2.24, 2.45) is 0 Å². The molecule has 0 saturated heterocycles. The van der Waals surface area contributed by atoms with E-state index in [-0.39, 0.29) is 29.1 Å². The summed E-state index contributed by atoms with van der Waals surface area (Å²) in [5.41, 5.74) is 1.15. The normalized spacial score (nSPS) is 14.9. The van der Waals surface area contributed by atoms with Crippen LogP contribution in [0.3, 0.4) is 0 Å². The Morgan fingerprint density at radius 1 is 1.41 bits per heavy atom. The van der Waals surface area contributed by atoms with Crippen molar-refractivity contribution in [3.05, 3.63) is 28.1 Å². The van der Waals surface area contributed by atoms with Crippen LogP contribution < -0.4 is 15.4 Å². The molecule has 2 rings (SSSR count). The number of amides is 1. The van der Waals surface area contributed by atoms with Gasteiger partial charge in [-0.15, -0.1) is 23.7 Å². The average molecular weight is 386 g/mol. The Kier molecular flexibility index (Phi) is 7.81. The van der Waals surface area contributed by atoms with Crippen LogP contribution in [0.2, 0.25) is 4.34 Å². The fourth-order valence-corrected chi connectivity index (χ4v) is 4.29. The van der Waals surface area contributed by atoms with E-state index in [2.05, 4.69) is 15.4 Å². The van der Waals surface area contributed by atoms with Crippen molar-refractivity contribution in [3.63, 3.8) is 0 Å². The Morgan fingerprint density at radius 2 is 2.18 bits per heavy atom. The van der Waals surface area contributed by atoms with E-state index in [0.717, 1.165) is 36.4 Å². The van der Waals surface area contributed by atoms with E-state index in [1.807, 2.05) is 6.08 Å². The zero-order valence-corrected chi connectivity index (χ0v) is 14.8.